The van der Waals surface area contributed by atoms with Crippen LogP contribution in [0.3, 0.4) is 0 Å². The van der Waals surface area contributed by atoms with Crippen LogP contribution < -0.4 is 0 Å². The van der Waals surface area contributed by atoms with E-state index in [0.717, 1.165) is 16.5 Å². The first-order valence-corrected chi connectivity index (χ1v) is 9.20. The number of ether oxygens (including phenoxy) is 1. The summed E-state index contributed by atoms with van der Waals surface area (Å²) < 4.78 is 7.34. The van der Waals surface area contributed by atoms with E-state index in [0.29, 0.717) is 25.2 Å². The van der Waals surface area contributed by atoms with Gasteiger partial charge in [0.1, 0.15) is 0 Å². The van der Waals surface area contributed by atoms with E-state index < -0.39 is 5.97 Å². The van der Waals surface area contributed by atoms with Crippen LogP contribution in [0, 0.1) is 0 Å². The smallest absolute Gasteiger partial charge is 0.340 e. The molecule has 27 heavy (non-hydrogen) atoms. The lowest BCUT2D eigenvalue weighted by Crippen LogP contribution is -2.34. The van der Waals surface area contributed by atoms with Crippen molar-refractivity contribution in [2.45, 2.75) is 20.4 Å². The van der Waals surface area contributed by atoms with Crippen molar-refractivity contribution in [2.75, 3.05) is 19.7 Å². The number of para-hydroxylation sites is 1. The predicted octanol–water partition coefficient (Wildman–Crippen LogP) is 3.71. The van der Waals surface area contributed by atoms with Crippen molar-refractivity contribution in [1.29, 1.82) is 0 Å². The van der Waals surface area contributed by atoms with Gasteiger partial charge in [0.2, 0.25) is 0 Å². The highest BCUT2D eigenvalue weighted by atomic mass is 16.5. The van der Waals surface area contributed by atoms with Crippen LogP contribution >= 0.6 is 0 Å². The van der Waals surface area contributed by atoms with Gasteiger partial charge in [0, 0.05) is 36.7 Å². The van der Waals surface area contributed by atoms with E-state index in [-0.39, 0.29) is 12.5 Å². The van der Waals surface area contributed by atoms with E-state index in [4.69, 9.17) is 4.74 Å². The Bertz CT molecular complexity index is 927. The number of aromatic nitrogens is 1. The van der Waals surface area contributed by atoms with Gasteiger partial charge in [-0.05, 0) is 25.5 Å². The van der Waals surface area contributed by atoms with Crippen LogP contribution in [0.25, 0.3) is 10.9 Å². The second-order valence-corrected chi connectivity index (χ2v) is 6.32. The maximum absolute atomic E-state index is 12.6. The minimum atomic E-state index is -0.474. The summed E-state index contributed by atoms with van der Waals surface area (Å²) in [5, 5.41) is 0.828. The molecule has 0 fully saturated rings. The van der Waals surface area contributed by atoms with Crippen LogP contribution in [-0.2, 0) is 16.1 Å². The number of benzene rings is 2. The molecule has 0 aliphatic heterocycles. The fraction of sp³-hybridized carbons (Fsp3) is 0.273. The number of esters is 1. The summed E-state index contributed by atoms with van der Waals surface area (Å²) in [6, 6.07) is 17.8. The zero-order chi connectivity index (χ0) is 19.2. The molecule has 0 saturated carbocycles. The highest BCUT2D eigenvalue weighted by Crippen LogP contribution is 2.23. The molecular weight excluding hydrogens is 340 g/mol. The van der Waals surface area contributed by atoms with Crippen molar-refractivity contribution in [2.24, 2.45) is 0 Å². The van der Waals surface area contributed by atoms with Crippen molar-refractivity contribution in [3.05, 3.63) is 71.9 Å². The largest absolute Gasteiger partial charge is 0.452 e. The summed E-state index contributed by atoms with van der Waals surface area (Å²) in [4.78, 5) is 26.4. The lowest BCUT2D eigenvalue weighted by molar-refractivity contribution is -0.134. The molecule has 0 spiro atoms. The van der Waals surface area contributed by atoms with E-state index in [1.54, 1.807) is 4.90 Å². The fourth-order valence-corrected chi connectivity index (χ4v) is 3.19. The van der Waals surface area contributed by atoms with E-state index in [9.17, 15) is 9.59 Å². The molecule has 1 heterocycles. The zero-order valence-electron chi connectivity index (χ0n) is 15.7. The van der Waals surface area contributed by atoms with Gasteiger partial charge in [0.15, 0.2) is 6.61 Å². The third-order valence-corrected chi connectivity index (χ3v) is 4.65. The first kappa shape index (κ1) is 18.7. The van der Waals surface area contributed by atoms with Crippen molar-refractivity contribution < 1.29 is 14.3 Å². The van der Waals surface area contributed by atoms with Crippen molar-refractivity contribution >= 4 is 22.8 Å². The lowest BCUT2D eigenvalue weighted by atomic mass is 10.2. The van der Waals surface area contributed by atoms with Crippen molar-refractivity contribution in [1.82, 2.24) is 9.47 Å². The quantitative estimate of drug-likeness (QED) is 0.601. The zero-order valence-corrected chi connectivity index (χ0v) is 15.7. The molecule has 140 valence electrons. The highest BCUT2D eigenvalue weighted by molar-refractivity contribution is 6.04. The fourth-order valence-electron chi connectivity index (χ4n) is 3.19. The Morgan fingerprint density at radius 2 is 1.63 bits per heavy atom. The molecule has 3 aromatic rings. The van der Waals surface area contributed by atoms with Gasteiger partial charge in [-0.3, -0.25) is 4.79 Å². The monoisotopic (exact) mass is 364 g/mol. The number of carbonyl (C=O) groups excluding carboxylic acids is 2. The summed E-state index contributed by atoms with van der Waals surface area (Å²) >= 11 is 0. The number of carbonyl (C=O) groups is 2. The van der Waals surface area contributed by atoms with E-state index in [1.807, 2.05) is 67.1 Å². The third-order valence-electron chi connectivity index (χ3n) is 4.65. The maximum Gasteiger partial charge on any atom is 0.340 e. The Hall–Kier alpha value is -3.08. The number of rotatable bonds is 7. The Labute approximate surface area is 159 Å². The molecule has 1 amide bonds. The maximum atomic E-state index is 12.6. The SMILES string of the molecule is CCN(CC)C(=O)COC(=O)c1cn(Cc2ccccc2)c2ccccc12. The van der Waals surface area contributed by atoms with Crippen molar-refractivity contribution in [3.63, 3.8) is 0 Å². The molecule has 0 N–H and O–H groups in total. The first-order chi connectivity index (χ1) is 13.1. The van der Waals surface area contributed by atoms with Gasteiger partial charge in [0.05, 0.1) is 5.56 Å². The summed E-state index contributed by atoms with van der Waals surface area (Å²) in [5.74, 6) is -0.653. The summed E-state index contributed by atoms with van der Waals surface area (Å²) in [5.41, 5.74) is 2.59. The van der Waals surface area contributed by atoms with Crippen LogP contribution in [0.4, 0.5) is 0 Å². The van der Waals surface area contributed by atoms with Gasteiger partial charge in [-0.1, -0.05) is 48.5 Å². The van der Waals surface area contributed by atoms with Crippen LogP contribution in [0.1, 0.15) is 29.8 Å². The summed E-state index contributed by atoms with van der Waals surface area (Å²) in [7, 11) is 0. The van der Waals surface area contributed by atoms with E-state index in [1.165, 1.54) is 0 Å². The number of amides is 1. The molecule has 5 heteroatoms. The molecule has 0 aliphatic rings. The minimum Gasteiger partial charge on any atom is -0.452 e. The van der Waals surface area contributed by atoms with E-state index in [2.05, 4.69) is 12.1 Å². The second kappa shape index (κ2) is 8.54. The standard InChI is InChI=1S/C22H24N2O3/c1-3-23(4-2)21(25)16-27-22(26)19-15-24(14-17-10-6-5-7-11-17)20-13-9-8-12-18(19)20/h5-13,15H,3-4,14,16H2,1-2H3. The topological polar surface area (TPSA) is 51.5 Å². The Morgan fingerprint density at radius 1 is 0.963 bits per heavy atom. The molecule has 0 unspecified atom stereocenters. The van der Waals surface area contributed by atoms with Crippen LogP contribution in [0.2, 0.25) is 0 Å². The molecule has 0 saturated heterocycles. The summed E-state index contributed by atoms with van der Waals surface area (Å²) in [6.07, 6.45) is 1.81. The minimum absolute atomic E-state index is 0.179. The molecule has 0 aliphatic carbocycles. The van der Waals surface area contributed by atoms with Crippen LogP contribution in [0.15, 0.2) is 60.8 Å². The number of hydrogen-bond acceptors (Lipinski definition) is 3. The molecule has 5 nitrogen and oxygen atoms in total. The second-order valence-electron chi connectivity index (χ2n) is 6.32. The highest BCUT2D eigenvalue weighted by Gasteiger charge is 2.18. The third kappa shape index (κ3) is 4.19. The lowest BCUT2D eigenvalue weighted by Gasteiger charge is -2.18. The molecule has 0 radical (unpaired) electrons. The summed E-state index contributed by atoms with van der Waals surface area (Å²) in [6.45, 7) is 5.43. The average Bonchev–Trinajstić information content (AvgIpc) is 3.06. The molecule has 3 rings (SSSR count). The van der Waals surface area contributed by atoms with Gasteiger partial charge in [-0.25, -0.2) is 4.79 Å². The van der Waals surface area contributed by atoms with Crippen molar-refractivity contribution in [3.8, 4) is 0 Å². The molecular formula is C22H24N2O3. The van der Waals surface area contributed by atoms with Crippen LogP contribution in [0.5, 0.6) is 0 Å². The molecule has 0 bridgehead atoms. The number of likely N-dealkylation sites (N-methyl/N-ethyl adjacent to an activating group) is 1. The Kier molecular flexibility index (Phi) is 5.91. The molecule has 1 aromatic heterocycles. The number of nitrogens with zero attached hydrogens (tertiary/aromatic N) is 2. The van der Waals surface area contributed by atoms with Gasteiger partial charge < -0.3 is 14.2 Å². The van der Waals surface area contributed by atoms with Gasteiger partial charge in [-0.2, -0.15) is 0 Å². The Morgan fingerprint density at radius 3 is 2.33 bits per heavy atom. The van der Waals surface area contributed by atoms with Gasteiger partial charge in [-0.15, -0.1) is 0 Å². The van der Waals surface area contributed by atoms with E-state index >= 15 is 0 Å². The number of fused-ring (bicyclic) bond motifs is 1. The average molecular weight is 364 g/mol. The van der Waals surface area contributed by atoms with Crippen LogP contribution in [-0.4, -0.2) is 41.0 Å². The van der Waals surface area contributed by atoms with Gasteiger partial charge in [0.25, 0.3) is 5.91 Å². The molecule has 0 atom stereocenters. The van der Waals surface area contributed by atoms with Gasteiger partial charge >= 0.3 is 5.97 Å². The normalized spacial score (nSPS) is 10.7. The first-order valence-electron chi connectivity index (χ1n) is 9.20. The Balaban J connectivity index is 1.82. The predicted molar refractivity (Wildman–Crippen MR) is 106 cm³/mol. The molecule has 2 aromatic carbocycles. The number of hydrogen-bond donors (Lipinski definition) is 0.